The van der Waals surface area contributed by atoms with Crippen LogP contribution in [-0.4, -0.2) is 79.7 Å². The van der Waals surface area contributed by atoms with Crippen molar-refractivity contribution in [1.82, 2.24) is 15.5 Å². The summed E-state index contributed by atoms with van der Waals surface area (Å²) in [6.07, 6.45) is 4.32. The van der Waals surface area contributed by atoms with Gasteiger partial charge in [0, 0.05) is 25.1 Å². The second-order valence-electron chi connectivity index (χ2n) is 10.2. The maximum Gasteiger partial charge on any atom is 0.488 e. The van der Waals surface area contributed by atoms with Crippen LogP contribution < -0.4 is 26.3 Å². The molecule has 1 saturated heterocycles. The first-order valence-electron chi connectivity index (χ1n) is 14.3. The molecule has 0 bridgehead atoms. The van der Waals surface area contributed by atoms with Gasteiger partial charge in [-0.05, 0) is 67.6 Å². The fourth-order valence-corrected chi connectivity index (χ4v) is 4.80. The van der Waals surface area contributed by atoms with Crippen LogP contribution in [0.4, 0.5) is 3.89 Å². The van der Waals surface area contributed by atoms with Gasteiger partial charge < -0.3 is 41.2 Å². The molecule has 2 aromatic rings. The van der Waals surface area contributed by atoms with E-state index in [2.05, 4.69) is 14.8 Å². The second kappa shape index (κ2) is 18.7. The van der Waals surface area contributed by atoms with Crippen molar-refractivity contribution in [2.24, 2.45) is 11.5 Å². The molecule has 1 unspecified atom stereocenters. The van der Waals surface area contributed by atoms with Crippen molar-refractivity contribution in [3.8, 4) is 5.75 Å². The number of hydrogen-bond donors (Lipinski definition) is 6. The summed E-state index contributed by atoms with van der Waals surface area (Å²) in [5.74, 6) is -2.14. The number of nitrogens with one attached hydrogen (secondary N) is 2. The van der Waals surface area contributed by atoms with E-state index in [1.165, 1.54) is 23.1 Å². The van der Waals surface area contributed by atoms with E-state index in [1.54, 1.807) is 30.3 Å². The average molecular weight is 652 g/mol. The fourth-order valence-electron chi connectivity index (χ4n) is 4.46. The Morgan fingerprint density at radius 1 is 1.02 bits per heavy atom. The first kappa shape index (κ1) is 37.1. The maximum absolute atomic E-state index is 12.3. The molecule has 1 atom stereocenters. The number of carbonyl (C=O) groups excluding carboxylic acids is 4. The van der Waals surface area contributed by atoms with Gasteiger partial charge in [-0.2, -0.15) is 8.42 Å². The number of benzene rings is 2. The van der Waals surface area contributed by atoms with E-state index in [1.807, 2.05) is 0 Å². The van der Waals surface area contributed by atoms with Gasteiger partial charge in [-0.1, -0.05) is 34.6 Å². The van der Waals surface area contributed by atoms with E-state index in [0.717, 1.165) is 24.8 Å². The summed E-state index contributed by atoms with van der Waals surface area (Å²) < 4.78 is 36.4. The third-order valence-electron chi connectivity index (χ3n) is 6.65. The van der Waals surface area contributed by atoms with Crippen LogP contribution in [0.5, 0.6) is 5.75 Å². The number of primary amides is 1. The Kier molecular flexibility index (Phi) is 15.4. The van der Waals surface area contributed by atoms with E-state index in [-0.39, 0.29) is 36.4 Å². The van der Waals surface area contributed by atoms with Crippen LogP contribution >= 0.6 is 0 Å². The highest BCUT2D eigenvalue weighted by Gasteiger charge is 2.36. The monoisotopic (exact) mass is 651 g/mol. The zero-order valence-electron chi connectivity index (χ0n) is 24.7. The number of carbonyl (C=O) groups is 4. The zero-order valence-corrected chi connectivity index (χ0v) is 25.5. The lowest BCUT2D eigenvalue weighted by Gasteiger charge is -2.24. The van der Waals surface area contributed by atoms with Crippen molar-refractivity contribution in [2.45, 2.75) is 57.4 Å². The number of amides is 4. The molecule has 0 aliphatic carbocycles. The van der Waals surface area contributed by atoms with Gasteiger partial charge in [0.1, 0.15) is 5.75 Å². The number of unbranched alkanes of at least 4 members (excludes halogenated alkanes) is 2. The number of hydrogen-bond acceptors (Lipinski definition) is 10. The van der Waals surface area contributed by atoms with E-state index >= 15 is 0 Å². The molecule has 8 N–H and O–H groups in total. The first-order valence-corrected chi connectivity index (χ1v) is 15.6. The minimum absolute atomic E-state index is 0.0134. The van der Waals surface area contributed by atoms with E-state index in [9.17, 15) is 41.5 Å². The van der Waals surface area contributed by atoms with Crippen molar-refractivity contribution >= 4 is 41.3 Å². The van der Waals surface area contributed by atoms with Crippen LogP contribution in [-0.2, 0) is 37.9 Å². The predicted octanol–water partition coefficient (Wildman–Crippen LogP) is -0.138. The van der Waals surface area contributed by atoms with Crippen molar-refractivity contribution in [3.05, 3.63) is 65.2 Å². The zero-order chi connectivity index (χ0) is 33.4. The lowest BCUT2D eigenvalue weighted by molar-refractivity contribution is -0.130. The number of halogens is 1. The molecule has 4 amide bonds. The van der Waals surface area contributed by atoms with E-state index < -0.39 is 29.5 Å². The number of likely N-dealkylation sites (tertiary alicyclic amines) is 1. The van der Waals surface area contributed by atoms with Crippen molar-refractivity contribution in [3.63, 3.8) is 0 Å². The summed E-state index contributed by atoms with van der Waals surface area (Å²) in [5.41, 5.74) is 12.1. The smallest absolute Gasteiger partial charge is 0.426 e. The summed E-state index contributed by atoms with van der Waals surface area (Å²) in [6.45, 7) is 1.27. The molecule has 17 heteroatoms. The molecule has 1 fully saturated rings. The highest BCUT2D eigenvalue weighted by molar-refractivity contribution is 7.81. The van der Waals surface area contributed by atoms with Gasteiger partial charge in [0.15, 0.2) is 0 Å². The minimum Gasteiger partial charge on any atom is -0.426 e. The molecular formula is C28H39BFN5O9S. The van der Waals surface area contributed by atoms with E-state index in [0.29, 0.717) is 50.0 Å². The fraction of sp³-hybridized carbons (Fsp3) is 0.429. The largest absolute Gasteiger partial charge is 0.488 e. The number of nitrogens with zero attached hydrogens (tertiary/aromatic N) is 1. The van der Waals surface area contributed by atoms with Crippen LogP contribution in [0.1, 0.15) is 60.0 Å². The highest BCUT2D eigenvalue weighted by Crippen LogP contribution is 2.18. The third kappa shape index (κ3) is 14.5. The molecule has 1 heterocycles. The van der Waals surface area contributed by atoms with Crippen LogP contribution in [0.25, 0.3) is 0 Å². The summed E-state index contributed by atoms with van der Waals surface area (Å²) in [6, 6.07) is 12.2. The minimum atomic E-state index is -5.04. The Bertz CT molecular complexity index is 1400. The molecule has 14 nitrogen and oxygen atoms in total. The Balaban J connectivity index is 0.000000394. The van der Waals surface area contributed by atoms with Crippen LogP contribution in [0, 0.1) is 0 Å². The van der Waals surface area contributed by atoms with Gasteiger partial charge in [-0.3, -0.25) is 19.2 Å². The molecular weight excluding hydrogens is 612 g/mol. The first-order chi connectivity index (χ1) is 21.3. The summed E-state index contributed by atoms with van der Waals surface area (Å²) in [4.78, 5) is 48.3. The Hall–Kier alpha value is -4.06. The van der Waals surface area contributed by atoms with Gasteiger partial charge in [0.05, 0.1) is 18.9 Å². The molecule has 0 radical (unpaired) electrons. The molecule has 3 rings (SSSR count). The second-order valence-corrected chi connectivity index (χ2v) is 11.2. The van der Waals surface area contributed by atoms with Crippen molar-refractivity contribution in [1.29, 1.82) is 0 Å². The number of rotatable bonds is 15. The average Bonchev–Trinajstić information content (AvgIpc) is 3.47. The normalized spacial score (nSPS) is 14.1. The lowest BCUT2D eigenvalue weighted by Crippen LogP contribution is -2.48. The van der Waals surface area contributed by atoms with Gasteiger partial charge in [0.2, 0.25) is 17.7 Å². The maximum atomic E-state index is 12.3. The van der Waals surface area contributed by atoms with Gasteiger partial charge in [0.25, 0.3) is 5.91 Å². The van der Waals surface area contributed by atoms with Crippen LogP contribution in [0.3, 0.4) is 0 Å². The Morgan fingerprint density at radius 2 is 1.73 bits per heavy atom. The summed E-state index contributed by atoms with van der Waals surface area (Å²) in [7, 11) is -6.62. The predicted molar refractivity (Wildman–Crippen MR) is 163 cm³/mol. The van der Waals surface area contributed by atoms with E-state index in [4.69, 9.17) is 11.5 Å². The molecule has 0 saturated carbocycles. The standard InChI is InChI=1S/C20H31BN4O5.C8H8FNO4S/c22-11-3-1-2-6-18(26)23-13-15-7-9-16(10-8-15)20(28)24-14-19(27)25-12-4-5-17(25)21(29)30;9-15(12,13)14-7-3-1-2-6(4-7)5-8(10)11/h7-10,17,29-30H,1-6,11-14,22H2,(H,23,26)(H,24,28);1-4H,5H2,(H2,10,11). The molecule has 1 aliphatic heterocycles. The van der Waals surface area contributed by atoms with Crippen LogP contribution in [0.15, 0.2) is 48.5 Å². The van der Waals surface area contributed by atoms with Crippen LogP contribution in [0.2, 0.25) is 0 Å². The molecule has 2 aromatic carbocycles. The molecule has 45 heavy (non-hydrogen) atoms. The molecule has 0 aromatic heterocycles. The number of nitrogens with two attached hydrogens (primary N) is 2. The molecule has 0 spiro atoms. The highest BCUT2D eigenvalue weighted by atomic mass is 32.3. The molecule has 246 valence electrons. The SMILES string of the molecule is NC(=O)Cc1cccc(OS(=O)(=O)F)c1.NCCCCCC(=O)NCc1ccc(C(=O)NCC(=O)N2CCCC2B(O)O)cc1. The Morgan fingerprint density at radius 3 is 2.36 bits per heavy atom. The third-order valence-corrected chi connectivity index (χ3v) is 7.04. The van der Waals surface area contributed by atoms with Gasteiger partial charge >= 0.3 is 17.6 Å². The quantitative estimate of drug-likeness (QED) is 0.0848. The molecule has 1 aliphatic rings. The Labute approximate surface area is 261 Å². The van der Waals surface area contributed by atoms with Gasteiger partial charge in [-0.25, -0.2) is 0 Å². The topological polar surface area (TPSA) is 231 Å². The van der Waals surface area contributed by atoms with Crippen molar-refractivity contribution in [2.75, 3.05) is 19.6 Å². The lowest BCUT2D eigenvalue weighted by atomic mass is 9.78. The van der Waals surface area contributed by atoms with Crippen molar-refractivity contribution < 1.29 is 45.7 Å². The summed E-state index contributed by atoms with van der Waals surface area (Å²) in [5, 5.41) is 24.1. The summed E-state index contributed by atoms with van der Waals surface area (Å²) >= 11 is 0. The van der Waals surface area contributed by atoms with Gasteiger partial charge in [-0.15, -0.1) is 0 Å².